The van der Waals surface area contributed by atoms with Crippen LogP contribution in [0.3, 0.4) is 0 Å². The average Bonchev–Trinajstić information content (AvgIpc) is 0.876. The Bertz CT molecular complexity index is 2550. The van der Waals surface area contributed by atoms with Gasteiger partial charge in [-0.3, -0.25) is 0 Å². The van der Waals surface area contributed by atoms with Gasteiger partial charge in [-0.25, -0.2) is 0 Å². The molecule has 0 saturated heterocycles. The third-order valence-electron chi connectivity index (χ3n) is 19.9. The number of likely N-dealkylation sites (N-methyl/N-ethyl adjacent to an activating group) is 2. The number of hydrogen-bond acceptors (Lipinski definition) is 2. The van der Waals surface area contributed by atoms with Crippen LogP contribution in [-0.2, 0) is 0 Å². The summed E-state index contributed by atoms with van der Waals surface area (Å²) in [4.78, 5) is 0. The van der Waals surface area contributed by atoms with Gasteiger partial charge in [-0.1, -0.05) is 251 Å². The number of benzene rings is 6. The summed E-state index contributed by atoms with van der Waals surface area (Å²) < 4.78 is 2.90. The van der Waals surface area contributed by atoms with Crippen LogP contribution in [0.1, 0.15) is 271 Å². The van der Waals surface area contributed by atoms with Gasteiger partial charge >= 0.3 is 0 Å². The largest absolute Gasteiger partial charge is 0.665 e. The maximum atomic E-state index is 8.52. The Balaban J connectivity index is 0. The van der Waals surface area contributed by atoms with E-state index in [0.29, 0.717) is 60.6 Å². The highest BCUT2D eigenvalue weighted by atomic mass is 16.3. The van der Waals surface area contributed by atoms with E-state index in [1.54, 1.807) is 7.05 Å². The minimum atomic E-state index is 0. The van der Waals surface area contributed by atoms with E-state index in [0.717, 1.165) is 46.2 Å². The van der Waals surface area contributed by atoms with Crippen molar-refractivity contribution in [3.8, 4) is 0 Å². The molecule has 0 heterocycles. The fourth-order valence-electron chi connectivity index (χ4n) is 12.2. The number of nitrogens with zero attached hydrogens (tertiary/aromatic N) is 4. The maximum absolute atomic E-state index is 8.52. The molecule has 0 fully saturated rings. The van der Waals surface area contributed by atoms with Gasteiger partial charge in [-0.15, -0.1) is 0 Å². The Labute approximate surface area is 590 Å². The number of aliphatic hydroxyl groups is 2. The molecule has 6 rings (SSSR count). The zero-order valence-corrected chi connectivity index (χ0v) is 65.7. The monoisotopic (exact) mass is 1310 g/mol. The Kier molecular flexibility index (Phi) is 52.4. The van der Waals surface area contributed by atoms with E-state index in [9.17, 15) is 0 Å². The van der Waals surface area contributed by atoms with Crippen LogP contribution in [0.15, 0.2) is 170 Å². The molecule has 0 aliphatic heterocycles. The van der Waals surface area contributed by atoms with Gasteiger partial charge < -0.3 is 43.8 Å². The van der Waals surface area contributed by atoms with Crippen molar-refractivity contribution in [2.75, 3.05) is 109 Å². The molecule has 538 valence electrons. The number of quaternary nitrogens is 3. The third-order valence-corrected chi connectivity index (χ3v) is 19.9. The average molecular weight is 1310 g/mol. The molecule has 6 heteroatoms. The molecule has 0 saturated carbocycles. The van der Waals surface area contributed by atoms with Crippen LogP contribution in [0.25, 0.3) is 5.32 Å². The molecule has 6 nitrogen and oxygen atoms in total. The highest BCUT2D eigenvalue weighted by Crippen LogP contribution is 2.42. The second-order valence-corrected chi connectivity index (χ2v) is 28.5. The smallest absolute Gasteiger partial charge is 0.102 e. The number of rotatable bonds is 35. The molecule has 6 aromatic carbocycles. The standard InChI is InChI=1S/C34H46.C33H44.2C6H16NO.C5H14N.C3H8N.2CH3/c1-5-15-27(7-3)31-21-23-32(24-22-31)34(25-28(8-4)29-17-11-9-12-18-29)26-33(16-6-2)30-19-13-10-14-20-30;1-5-15-26(6-2)31-20-22-32(23-21-31)33(24-27(7-3)29-16-11-9-12-17-29)25-28(8-4)30-18-13-10-14-19-30;2*1-4-7(2,3)5-6-8;1-5-6(2,3)4;1-3-4-2;;/h9-14,17-24,27-28,33-34H,5-8,15-16,25-26H2,1-4H3;9-14,16-23,26-28,33H,5-8,15,24-25H2,1-4H3;2*8H,4-6H2,1-3H3;5H2,1-4H3;3H2,1-2H3;2*1H3/q;;3*+1;3*-1. The van der Waals surface area contributed by atoms with Crippen LogP contribution >= 0.6 is 0 Å². The van der Waals surface area contributed by atoms with Gasteiger partial charge in [-0.05, 0) is 190 Å². The first-order valence-electron chi connectivity index (χ1n) is 37.2. The van der Waals surface area contributed by atoms with E-state index in [1.165, 1.54) is 147 Å². The minimum absolute atomic E-state index is 0. The molecular weight excluding hydrogens is 1160 g/mol. The van der Waals surface area contributed by atoms with Gasteiger partial charge in [0.25, 0.3) is 0 Å². The first kappa shape index (κ1) is 92.1. The van der Waals surface area contributed by atoms with Crippen molar-refractivity contribution in [3.05, 3.63) is 235 Å². The summed E-state index contributed by atoms with van der Waals surface area (Å²) in [5.74, 6) is 4.97. The van der Waals surface area contributed by atoms with E-state index >= 15 is 0 Å². The van der Waals surface area contributed by atoms with Crippen molar-refractivity contribution in [2.45, 2.75) is 227 Å². The predicted octanol–water partition coefficient (Wildman–Crippen LogP) is 23.6. The highest BCUT2D eigenvalue weighted by molar-refractivity contribution is 5.32. The highest BCUT2D eigenvalue weighted by Gasteiger charge is 2.26. The van der Waals surface area contributed by atoms with Gasteiger partial charge in [0.15, 0.2) is 0 Å². The van der Waals surface area contributed by atoms with E-state index in [2.05, 4.69) is 301 Å². The van der Waals surface area contributed by atoms with E-state index < -0.39 is 0 Å². The lowest BCUT2D eigenvalue weighted by atomic mass is 9.76. The first-order valence-corrected chi connectivity index (χ1v) is 37.2. The summed E-state index contributed by atoms with van der Waals surface area (Å²) in [6, 6.07) is 64.3. The Morgan fingerprint density at radius 2 is 0.495 bits per heavy atom. The molecule has 6 aromatic rings. The van der Waals surface area contributed by atoms with Crippen LogP contribution in [-0.4, -0.2) is 133 Å². The lowest BCUT2D eigenvalue weighted by Crippen LogP contribution is -2.41. The fourth-order valence-corrected chi connectivity index (χ4v) is 12.2. The van der Waals surface area contributed by atoms with E-state index in [4.69, 9.17) is 10.2 Å². The molecule has 0 radical (unpaired) electrons. The van der Waals surface area contributed by atoms with Gasteiger partial charge in [0.2, 0.25) is 0 Å². The Hall–Kier alpha value is -4.92. The molecule has 95 heavy (non-hydrogen) atoms. The summed E-state index contributed by atoms with van der Waals surface area (Å²) in [7, 11) is 16.8. The summed E-state index contributed by atoms with van der Waals surface area (Å²) in [6.07, 6.45) is 18.5. The SMILES string of the molecule is CCCC(CC)c1ccc(C(CC(CC)c2ccccc2)CC(CC)c2ccccc2)cc1.CCCC(CC)c1ccc(C(CC(CC)c2ccccc2)CC(CCC)c2ccccc2)cc1.CC[N+](C)(C)C.CC[N+](C)(C)CCO.CC[N+](C)(C)CCO.CC[N-]C.[CH3-].[CH3-]. The summed E-state index contributed by atoms with van der Waals surface area (Å²) in [5, 5.41) is 20.8. The van der Waals surface area contributed by atoms with Crippen LogP contribution in [0, 0.1) is 14.9 Å². The van der Waals surface area contributed by atoms with Gasteiger partial charge in [-0.2, -0.15) is 13.6 Å². The van der Waals surface area contributed by atoms with Crippen molar-refractivity contribution in [1.82, 2.24) is 0 Å². The molecule has 0 aromatic heterocycles. The second-order valence-electron chi connectivity index (χ2n) is 28.5. The Morgan fingerprint density at radius 3 is 0.674 bits per heavy atom. The maximum Gasteiger partial charge on any atom is 0.102 e. The van der Waals surface area contributed by atoms with E-state index in [-0.39, 0.29) is 14.9 Å². The predicted molar refractivity (Wildman–Crippen MR) is 426 cm³/mol. The van der Waals surface area contributed by atoms with Gasteiger partial charge in [0.1, 0.15) is 13.1 Å². The van der Waals surface area contributed by atoms with Crippen molar-refractivity contribution >= 4 is 0 Å². The Morgan fingerprint density at radius 1 is 0.295 bits per heavy atom. The topological polar surface area (TPSA) is 54.6 Å². The van der Waals surface area contributed by atoms with Gasteiger partial charge in [0, 0.05) is 0 Å². The lowest BCUT2D eigenvalue weighted by molar-refractivity contribution is -0.888. The number of aliphatic hydroxyl groups excluding tert-OH is 2. The fraction of sp³-hybridized carbons (Fsp3) is 0.573. The molecule has 2 N–H and O–H groups in total. The molecule has 0 bridgehead atoms. The summed E-state index contributed by atoms with van der Waals surface area (Å²) in [5.41, 5.74) is 12.1. The third kappa shape index (κ3) is 38.7. The van der Waals surface area contributed by atoms with Crippen molar-refractivity contribution in [1.29, 1.82) is 0 Å². The van der Waals surface area contributed by atoms with E-state index in [1.807, 2.05) is 6.92 Å². The van der Waals surface area contributed by atoms with Crippen LogP contribution in [0.4, 0.5) is 0 Å². The van der Waals surface area contributed by atoms with Crippen molar-refractivity contribution in [2.24, 2.45) is 0 Å². The van der Waals surface area contributed by atoms with Crippen molar-refractivity contribution in [3.63, 3.8) is 0 Å². The molecule has 0 aliphatic rings. The summed E-state index contributed by atoms with van der Waals surface area (Å²) in [6.45, 7) is 33.7. The molecule has 7 atom stereocenters. The van der Waals surface area contributed by atoms with Crippen LogP contribution < -0.4 is 0 Å². The quantitative estimate of drug-likeness (QED) is 0.0308. The van der Waals surface area contributed by atoms with Crippen LogP contribution in [0.5, 0.6) is 0 Å². The second kappa shape index (κ2) is 54.0. The lowest BCUT2D eigenvalue weighted by Gasteiger charge is -2.28. The summed E-state index contributed by atoms with van der Waals surface area (Å²) >= 11 is 0. The number of hydrogen-bond donors (Lipinski definition) is 2. The normalized spacial score (nSPS) is 13.7. The minimum Gasteiger partial charge on any atom is -0.665 e. The van der Waals surface area contributed by atoms with Gasteiger partial charge in [0.05, 0.1) is 82.2 Å². The molecular formula is C89H150N4O2. The molecule has 0 aliphatic carbocycles. The zero-order valence-electron chi connectivity index (χ0n) is 65.7. The van der Waals surface area contributed by atoms with Crippen LogP contribution in [0.2, 0.25) is 0 Å². The first-order chi connectivity index (χ1) is 44.6. The van der Waals surface area contributed by atoms with Crippen molar-refractivity contribution < 1.29 is 23.7 Å². The zero-order chi connectivity index (χ0) is 69.5. The molecule has 0 amide bonds. The molecule has 0 spiro atoms. The molecule has 7 unspecified atom stereocenters.